The Morgan fingerprint density at radius 3 is 2.79 bits per heavy atom. The van der Waals surface area contributed by atoms with Crippen molar-refractivity contribution < 1.29 is 10.0 Å². The predicted octanol–water partition coefficient (Wildman–Crippen LogP) is 0.819. The molecule has 14 heavy (non-hydrogen) atoms. The summed E-state index contributed by atoms with van der Waals surface area (Å²) < 4.78 is 0. The number of oxime groups is 2. The first-order valence-electron chi connectivity index (χ1n) is 4.34. The number of nitriles is 1. The van der Waals surface area contributed by atoms with E-state index in [9.17, 15) is 0 Å². The summed E-state index contributed by atoms with van der Waals surface area (Å²) in [5, 5.41) is 22.8. The number of unbranched alkanes of at least 4 members (excludes halogenated alkanes) is 2. The molecule has 78 valence electrons. The SMILES string of the molecule is CCCCCO/N=C(C#N)\C(N)=N/O. The van der Waals surface area contributed by atoms with Crippen LogP contribution < -0.4 is 5.73 Å². The van der Waals surface area contributed by atoms with Crippen LogP contribution in [0.4, 0.5) is 0 Å². The third-order valence-corrected chi connectivity index (χ3v) is 1.45. The fraction of sp³-hybridized carbons (Fsp3) is 0.625. The molecule has 0 rings (SSSR count). The van der Waals surface area contributed by atoms with Gasteiger partial charge in [-0.25, -0.2) is 0 Å². The molecule has 6 nitrogen and oxygen atoms in total. The van der Waals surface area contributed by atoms with Gasteiger partial charge in [0.05, 0.1) is 0 Å². The quantitative estimate of drug-likeness (QED) is 0.217. The van der Waals surface area contributed by atoms with Crippen LogP contribution in [0.3, 0.4) is 0 Å². The smallest absolute Gasteiger partial charge is 0.224 e. The van der Waals surface area contributed by atoms with Gasteiger partial charge in [0.1, 0.15) is 12.7 Å². The van der Waals surface area contributed by atoms with E-state index in [-0.39, 0.29) is 11.5 Å². The van der Waals surface area contributed by atoms with Gasteiger partial charge in [-0.15, -0.1) is 0 Å². The maximum absolute atomic E-state index is 8.50. The van der Waals surface area contributed by atoms with Crippen LogP contribution in [0.15, 0.2) is 10.3 Å². The summed E-state index contributed by atoms with van der Waals surface area (Å²) in [5.41, 5.74) is 4.92. The van der Waals surface area contributed by atoms with Gasteiger partial charge in [-0.2, -0.15) is 5.26 Å². The topological polar surface area (TPSA) is 104 Å². The van der Waals surface area contributed by atoms with E-state index in [0.29, 0.717) is 6.61 Å². The molecule has 0 aromatic heterocycles. The Morgan fingerprint density at radius 2 is 2.29 bits per heavy atom. The number of rotatable bonds is 6. The number of amidine groups is 1. The highest BCUT2D eigenvalue weighted by atomic mass is 16.6. The van der Waals surface area contributed by atoms with E-state index in [2.05, 4.69) is 17.2 Å². The fourth-order valence-corrected chi connectivity index (χ4v) is 0.699. The highest BCUT2D eigenvalue weighted by molar-refractivity contribution is 6.46. The van der Waals surface area contributed by atoms with E-state index in [1.165, 1.54) is 0 Å². The molecule has 0 aliphatic rings. The Kier molecular flexibility index (Phi) is 6.86. The summed E-state index contributed by atoms with van der Waals surface area (Å²) in [5.74, 6) is -0.344. The highest BCUT2D eigenvalue weighted by Crippen LogP contribution is 1.94. The van der Waals surface area contributed by atoms with Gasteiger partial charge >= 0.3 is 0 Å². The third-order valence-electron chi connectivity index (χ3n) is 1.45. The average Bonchev–Trinajstić information content (AvgIpc) is 2.22. The molecule has 0 spiro atoms. The van der Waals surface area contributed by atoms with Crippen molar-refractivity contribution in [1.82, 2.24) is 0 Å². The normalized spacial score (nSPS) is 12.3. The van der Waals surface area contributed by atoms with Crippen molar-refractivity contribution in [1.29, 1.82) is 5.26 Å². The number of nitrogens with zero attached hydrogens (tertiary/aromatic N) is 3. The molecule has 0 unspecified atom stereocenters. The van der Waals surface area contributed by atoms with Crippen LogP contribution >= 0.6 is 0 Å². The second-order valence-corrected chi connectivity index (χ2v) is 2.58. The molecule has 0 atom stereocenters. The second-order valence-electron chi connectivity index (χ2n) is 2.58. The molecule has 0 amide bonds. The molecule has 0 saturated carbocycles. The average molecular weight is 198 g/mol. The van der Waals surface area contributed by atoms with Gasteiger partial charge in [0.25, 0.3) is 0 Å². The molecule has 0 heterocycles. The summed E-state index contributed by atoms with van der Waals surface area (Å²) >= 11 is 0. The molecule has 6 heteroatoms. The Hall–Kier alpha value is -1.77. The summed E-state index contributed by atoms with van der Waals surface area (Å²) in [6, 6.07) is 1.65. The minimum atomic E-state index is -0.344. The molecular formula is C8H14N4O2. The molecule has 0 radical (unpaired) electrons. The molecular weight excluding hydrogens is 184 g/mol. The third kappa shape index (κ3) is 4.98. The highest BCUT2D eigenvalue weighted by Gasteiger charge is 2.04. The van der Waals surface area contributed by atoms with E-state index >= 15 is 0 Å². The zero-order chi connectivity index (χ0) is 10.8. The van der Waals surface area contributed by atoms with Crippen LogP contribution in [0.2, 0.25) is 0 Å². The molecule has 0 aromatic rings. The Balaban J connectivity index is 3.90. The maximum atomic E-state index is 8.50. The van der Waals surface area contributed by atoms with Crippen molar-refractivity contribution in [2.45, 2.75) is 26.2 Å². The Labute approximate surface area is 82.6 Å². The minimum absolute atomic E-state index is 0.219. The molecule has 0 saturated heterocycles. The largest absolute Gasteiger partial charge is 0.409 e. The lowest BCUT2D eigenvalue weighted by molar-refractivity contribution is 0.141. The van der Waals surface area contributed by atoms with Gasteiger partial charge < -0.3 is 15.8 Å². The monoisotopic (exact) mass is 198 g/mol. The van der Waals surface area contributed by atoms with Crippen molar-refractivity contribution in [2.75, 3.05) is 6.61 Å². The lowest BCUT2D eigenvalue weighted by Crippen LogP contribution is -2.22. The summed E-state index contributed by atoms with van der Waals surface area (Å²) in [7, 11) is 0. The molecule has 0 aromatic carbocycles. The first-order valence-corrected chi connectivity index (χ1v) is 4.34. The van der Waals surface area contributed by atoms with Gasteiger partial charge in [-0.05, 0) is 6.42 Å². The van der Waals surface area contributed by atoms with Crippen molar-refractivity contribution in [2.24, 2.45) is 16.0 Å². The van der Waals surface area contributed by atoms with Crippen molar-refractivity contribution >= 4 is 11.5 Å². The fourth-order valence-electron chi connectivity index (χ4n) is 0.699. The van der Waals surface area contributed by atoms with E-state index in [1.807, 2.05) is 0 Å². The summed E-state index contributed by atoms with van der Waals surface area (Å²) in [6.45, 7) is 2.50. The van der Waals surface area contributed by atoms with Gasteiger partial charge in [0, 0.05) is 0 Å². The standard InChI is InChI=1S/C8H14N4O2/c1-2-3-4-5-14-12-7(6-9)8(10)11-13/h13H,2-5H2,1H3,(H2,10,11)/b12-7-. The van der Waals surface area contributed by atoms with E-state index in [0.717, 1.165) is 19.3 Å². The number of hydrogen-bond acceptors (Lipinski definition) is 5. The Bertz CT molecular complexity index is 255. The molecule has 3 N–H and O–H groups in total. The van der Waals surface area contributed by atoms with Gasteiger partial charge in [-0.3, -0.25) is 0 Å². The van der Waals surface area contributed by atoms with Crippen molar-refractivity contribution in [3.8, 4) is 6.07 Å². The number of nitrogens with two attached hydrogens (primary N) is 1. The van der Waals surface area contributed by atoms with Gasteiger partial charge in [0.15, 0.2) is 0 Å². The zero-order valence-electron chi connectivity index (χ0n) is 8.10. The van der Waals surface area contributed by atoms with E-state index in [1.54, 1.807) is 6.07 Å². The first kappa shape index (κ1) is 12.2. The maximum Gasteiger partial charge on any atom is 0.224 e. The molecule has 0 aliphatic heterocycles. The van der Waals surface area contributed by atoms with Crippen LogP contribution in [0, 0.1) is 11.3 Å². The molecule has 0 fully saturated rings. The second kappa shape index (κ2) is 7.86. The zero-order valence-corrected chi connectivity index (χ0v) is 8.10. The van der Waals surface area contributed by atoms with E-state index in [4.69, 9.17) is 21.0 Å². The number of hydrogen-bond donors (Lipinski definition) is 2. The summed E-state index contributed by atoms with van der Waals surface area (Å²) in [4.78, 5) is 4.81. The Morgan fingerprint density at radius 1 is 1.57 bits per heavy atom. The lowest BCUT2D eigenvalue weighted by Gasteiger charge is -1.98. The lowest BCUT2D eigenvalue weighted by atomic mass is 10.3. The van der Waals surface area contributed by atoms with Crippen LogP contribution in [0.25, 0.3) is 0 Å². The van der Waals surface area contributed by atoms with Crippen molar-refractivity contribution in [3.05, 3.63) is 0 Å². The van der Waals surface area contributed by atoms with Crippen LogP contribution in [-0.4, -0.2) is 23.4 Å². The molecule has 0 bridgehead atoms. The van der Waals surface area contributed by atoms with Gasteiger partial charge in [-0.1, -0.05) is 30.1 Å². The van der Waals surface area contributed by atoms with Crippen LogP contribution in [0.5, 0.6) is 0 Å². The first-order chi connectivity index (χ1) is 6.76. The minimum Gasteiger partial charge on any atom is -0.409 e. The van der Waals surface area contributed by atoms with Crippen molar-refractivity contribution in [3.63, 3.8) is 0 Å². The van der Waals surface area contributed by atoms with E-state index < -0.39 is 0 Å². The van der Waals surface area contributed by atoms with Crippen LogP contribution in [0.1, 0.15) is 26.2 Å². The summed E-state index contributed by atoms with van der Waals surface area (Å²) in [6.07, 6.45) is 2.99. The van der Waals surface area contributed by atoms with Crippen LogP contribution in [-0.2, 0) is 4.84 Å². The van der Waals surface area contributed by atoms with Gasteiger partial charge in [0.2, 0.25) is 11.5 Å². The predicted molar refractivity (Wildman–Crippen MR) is 51.9 cm³/mol. The molecule has 0 aliphatic carbocycles.